The summed E-state index contributed by atoms with van der Waals surface area (Å²) in [4.78, 5) is 26.6. The van der Waals surface area contributed by atoms with Crippen LogP contribution < -0.4 is 4.74 Å². The molecule has 26 heavy (non-hydrogen) atoms. The van der Waals surface area contributed by atoms with Crippen LogP contribution in [0.4, 0.5) is 13.2 Å². The lowest BCUT2D eigenvalue weighted by Crippen LogP contribution is -2.10. The van der Waals surface area contributed by atoms with Crippen LogP contribution in [0.5, 0.6) is 5.75 Å². The molecule has 0 saturated carbocycles. The van der Waals surface area contributed by atoms with E-state index in [1.54, 1.807) is 6.92 Å². The van der Waals surface area contributed by atoms with Crippen molar-refractivity contribution in [2.75, 3.05) is 6.61 Å². The minimum atomic E-state index is -4.45. The van der Waals surface area contributed by atoms with E-state index in [1.807, 2.05) is 0 Å². The van der Waals surface area contributed by atoms with Gasteiger partial charge >= 0.3 is 18.1 Å². The number of ether oxygens (including phenoxy) is 2. The Bertz CT molecular complexity index is 803. The molecule has 1 aromatic carbocycles. The lowest BCUT2D eigenvalue weighted by Gasteiger charge is -2.11. The topological polar surface area (TPSA) is 85.7 Å². The first kappa shape index (κ1) is 19.2. The second kappa shape index (κ2) is 7.85. The van der Waals surface area contributed by atoms with Crippen LogP contribution in [0.1, 0.15) is 38.9 Å². The van der Waals surface area contributed by atoms with Crippen molar-refractivity contribution in [1.29, 1.82) is 0 Å². The molecule has 2 aromatic rings. The number of carboxylic acid groups (broad SMARTS) is 1. The Labute approximate surface area is 146 Å². The van der Waals surface area contributed by atoms with Crippen molar-refractivity contribution in [1.82, 2.24) is 4.98 Å². The second-order valence-electron chi connectivity index (χ2n) is 5.08. The quantitative estimate of drug-likeness (QED) is 0.784. The van der Waals surface area contributed by atoms with Crippen LogP contribution in [-0.2, 0) is 17.5 Å². The number of carbonyl (C=O) groups is 2. The van der Waals surface area contributed by atoms with Crippen molar-refractivity contribution in [2.24, 2.45) is 0 Å². The third-order valence-electron chi connectivity index (χ3n) is 3.24. The monoisotopic (exact) mass is 369 g/mol. The minimum absolute atomic E-state index is 0.000677. The van der Waals surface area contributed by atoms with E-state index in [0.717, 1.165) is 18.3 Å². The molecule has 0 aliphatic heterocycles. The van der Waals surface area contributed by atoms with Gasteiger partial charge in [0.05, 0.1) is 17.7 Å². The molecule has 0 radical (unpaired) electrons. The van der Waals surface area contributed by atoms with E-state index in [2.05, 4.69) is 4.98 Å². The second-order valence-corrected chi connectivity index (χ2v) is 5.08. The fourth-order valence-corrected chi connectivity index (χ4v) is 1.99. The van der Waals surface area contributed by atoms with Crippen LogP contribution in [-0.4, -0.2) is 28.6 Å². The first-order chi connectivity index (χ1) is 12.2. The van der Waals surface area contributed by atoms with Crippen molar-refractivity contribution >= 4 is 11.9 Å². The van der Waals surface area contributed by atoms with Gasteiger partial charge in [-0.2, -0.15) is 13.2 Å². The van der Waals surface area contributed by atoms with Crippen LogP contribution in [0.2, 0.25) is 0 Å². The van der Waals surface area contributed by atoms with Gasteiger partial charge in [0.15, 0.2) is 11.4 Å². The number of alkyl halides is 3. The zero-order valence-electron chi connectivity index (χ0n) is 13.5. The maximum atomic E-state index is 12.5. The van der Waals surface area contributed by atoms with E-state index < -0.39 is 29.4 Å². The van der Waals surface area contributed by atoms with Gasteiger partial charge in [-0.15, -0.1) is 0 Å². The van der Waals surface area contributed by atoms with Gasteiger partial charge in [0.25, 0.3) is 0 Å². The Hall–Kier alpha value is -3.10. The summed E-state index contributed by atoms with van der Waals surface area (Å²) >= 11 is 0. The van der Waals surface area contributed by atoms with Crippen molar-refractivity contribution < 1.29 is 37.3 Å². The zero-order chi connectivity index (χ0) is 19.3. The number of carboxylic acids is 1. The van der Waals surface area contributed by atoms with Gasteiger partial charge in [-0.1, -0.05) is 12.1 Å². The first-order valence-electron chi connectivity index (χ1n) is 7.41. The highest BCUT2D eigenvalue weighted by Crippen LogP contribution is 2.29. The number of nitrogens with zero attached hydrogens (tertiary/aromatic N) is 1. The standard InChI is InChI=1S/C17H14F3NO5/c1-2-25-16(24)11-7-13(14(15(22)23)21-8-11)26-9-10-3-5-12(6-4-10)17(18,19)20/h3-8H,2,9H2,1H3,(H,22,23). The van der Waals surface area contributed by atoms with E-state index in [0.29, 0.717) is 5.56 Å². The number of carbonyl (C=O) groups excluding carboxylic acids is 1. The number of benzene rings is 1. The molecular weight excluding hydrogens is 355 g/mol. The molecular formula is C17H14F3NO5. The largest absolute Gasteiger partial charge is 0.486 e. The van der Waals surface area contributed by atoms with E-state index in [9.17, 15) is 22.8 Å². The molecule has 1 heterocycles. The Balaban J connectivity index is 2.20. The van der Waals surface area contributed by atoms with Crippen molar-refractivity contribution in [3.63, 3.8) is 0 Å². The highest BCUT2D eigenvalue weighted by atomic mass is 19.4. The summed E-state index contributed by atoms with van der Waals surface area (Å²) in [5.74, 6) is -2.26. The van der Waals surface area contributed by atoms with E-state index in [4.69, 9.17) is 14.6 Å². The van der Waals surface area contributed by atoms with E-state index >= 15 is 0 Å². The zero-order valence-corrected chi connectivity index (χ0v) is 13.5. The molecule has 9 heteroatoms. The lowest BCUT2D eigenvalue weighted by molar-refractivity contribution is -0.137. The number of aromatic carboxylic acids is 1. The van der Waals surface area contributed by atoms with Gasteiger partial charge < -0.3 is 14.6 Å². The highest BCUT2D eigenvalue weighted by Gasteiger charge is 2.30. The summed E-state index contributed by atoms with van der Waals surface area (Å²) in [7, 11) is 0. The molecule has 0 aliphatic rings. The van der Waals surface area contributed by atoms with Crippen LogP contribution in [0.3, 0.4) is 0 Å². The molecule has 0 spiro atoms. The molecule has 0 aliphatic carbocycles. The fraction of sp³-hybridized carbons (Fsp3) is 0.235. The fourth-order valence-electron chi connectivity index (χ4n) is 1.99. The molecule has 0 unspecified atom stereocenters. The SMILES string of the molecule is CCOC(=O)c1cnc(C(=O)O)c(OCc2ccc(C(F)(F)F)cc2)c1. The number of hydrogen-bond acceptors (Lipinski definition) is 5. The summed E-state index contributed by atoms with van der Waals surface area (Å²) in [6.07, 6.45) is -3.40. The van der Waals surface area contributed by atoms with Gasteiger partial charge in [-0.25, -0.2) is 14.6 Å². The highest BCUT2D eigenvalue weighted by molar-refractivity contribution is 5.93. The van der Waals surface area contributed by atoms with E-state index in [1.165, 1.54) is 18.2 Å². The average Bonchev–Trinajstić information content (AvgIpc) is 2.59. The molecule has 0 amide bonds. The lowest BCUT2D eigenvalue weighted by atomic mass is 10.1. The minimum Gasteiger partial charge on any atom is -0.486 e. The maximum absolute atomic E-state index is 12.5. The third kappa shape index (κ3) is 4.71. The van der Waals surface area contributed by atoms with E-state index in [-0.39, 0.29) is 24.5 Å². The molecule has 0 bridgehead atoms. The number of halogens is 3. The Morgan fingerprint density at radius 1 is 1.19 bits per heavy atom. The number of pyridine rings is 1. The summed E-state index contributed by atoms with van der Waals surface area (Å²) in [5.41, 5.74) is -0.849. The number of rotatable bonds is 6. The molecule has 0 fully saturated rings. The Morgan fingerprint density at radius 3 is 2.38 bits per heavy atom. The molecule has 1 aromatic heterocycles. The molecule has 1 N–H and O–H groups in total. The molecule has 0 saturated heterocycles. The number of aromatic nitrogens is 1. The van der Waals surface area contributed by atoms with Crippen LogP contribution in [0, 0.1) is 0 Å². The summed E-state index contributed by atoms with van der Waals surface area (Å²) in [5, 5.41) is 9.14. The summed E-state index contributed by atoms with van der Waals surface area (Å²) in [6.45, 7) is 1.53. The van der Waals surface area contributed by atoms with Gasteiger partial charge in [0.2, 0.25) is 0 Å². The van der Waals surface area contributed by atoms with Gasteiger partial charge in [0.1, 0.15) is 6.61 Å². The Kier molecular flexibility index (Phi) is 5.81. The molecule has 6 nitrogen and oxygen atoms in total. The van der Waals surface area contributed by atoms with Gasteiger partial charge in [-0.05, 0) is 30.7 Å². The predicted octanol–water partition coefficient (Wildman–Crippen LogP) is 3.55. The van der Waals surface area contributed by atoms with Gasteiger partial charge in [0, 0.05) is 6.20 Å². The number of esters is 1. The summed E-state index contributed by atoms with van der Waals surface area (Å²) in [6, 6.07) is 5.38. The predicted molar refractivity (Wildman–Crippen MR) is 82.9 cm³/mol. The summed E-state index contributed by atoms with van der Waals surface area (Å²) < 4.78 is 47.8. The van der Waals surface area contributed by atoms with Gasteiger partial charge in [-0.3, -0.25) is 0 Å². The number of hydrogen-bond donors (Lipinski definition) is 1. The van der Waals surface area contributed by atoms with Crippen LogP contribution in [0.25, 0.3) is 0 Å². The average molecular weight is 369 g/mol. The molecule has 0 atom stereocenters. The van der Waals surface area contributed by atoms with Crippen LogP contribution in [0.15, 0.2) is 36.5 Å². The van der Waals surface area contributed by atoms with Crippen molar-refractivity contribution in [2.45, 2.75) is 19.7 Å². The first-order valence-corrected chi connectivity index (χ1v) is 7.41. The molecule has 138 valence electrons. The molecule has 2 rings (SSSR count). The van der Waals surface area contributed by atoms with Crippen LogP contribution >= 0.6 is 0 Å². The third-order valence-corrected chi connectivity index (χ3v) is 3.24. The normalized spacial score (nSPS) is 11.1. The van der Waals surface area contributed by atoms with Crippen molar-refractivity contribution in [3.8, 4) is 5.75 Å². The Morgan fingerprint density at radius 2 is 1.85 bits per heavy atom. The maximum Gasteiger partial charge on any atom is 0.416 e. The van der Waals surface area contributed by atoms with Crippen molar-refractivity contribution in [3.05, 3.63) is 58.9 Å². The smallest absolute Gasteiger partial charge is 0.416 e.